The maximum atomic E-state index is 12.5. The number of rotatable bonds is 31. The molecular weight excluding hydrogens is 1060 g/mol. The Kier molecular flexibility index (Phi) is 36.7. The summed E-state index contributed by atoms with van der Waals surface area (Å²) < 4.78 is 0. The molecule has 2 aromatic carbocycles. The van der Waals surface area contributed by atoms with Gasteiger partial charge in [-0.1, -0.05) is 66.7 Å². The Morgan fingerprint density at radius 2 is 0.986 bits per heavy atom. The van der Waals surface area contributed by atoms with Crippen molar-refractivity contribution in [1.82, 2.24) is 57.2 Å². The van der Waals surface area contributed by atoms with E-state index in [0.717, 1.165) is 11.1 Å². The number of aliphatic carboxylic acids is 2. The van der Waals surface area contributed by atoms with Crippen molar-refractivity contribution in [3.63, 3.8) is 0 Å². The number of carboxylic acid groups (broad SMARTS) is 2. The van der Waals surface area contributed by atoms with E-state index in [2.05, 4.69) is 57.2 Å². The number of H-pyrrole nitrogens is 2. The number of nitrogens with two attached hydrogens (primary N) is 3. The fourth-order valence-corrected chi connectivity index (χ4v) is 6.70. The van der Waals surface area contributed by atoms with Gasteiger partial charge in [0.15, 0.2) is 0 Å². The molecule has 0 saturated heterocycles. The number of benzene rings is 2. The predicted molar refractivity (Wildman–Crippen MR) is 262 cm³/mol. The second-order valence-electron chi connectivity index (χ2n) is 16.4. The van der Waals surface area contributed by atoms with Gasteiger partial charge < -0.3 is 89.0 Å². The Hall–Kier alpha value is -6.34. The van der Waals surface area contributed by atoms with E-state index >= 15 is 0 Å². The largest absolute Gasteiger partial charge is 2.00 e. The molecule has 24 nitrogen and oxygen atoms in total. The summed E-state index contributed by atoms with van der Waals surface area (Å²) in [5.41, 5.74) is 19.9. The molecule has 74 heavy (non-hydrogen) atoms. The molecule has 0 aliphatic rings. The second kappa shape index (κ2) is 40.1. The van der Waals surface area contributed by atoms with Crippen molar-refractivity contribution in [3.8, 4) is 0 Å². The number of carbonyl (C=O) groups is 7. The van der Waals surface area contributed by atoms with Gasteiger partial charge in [0.1, 0.15) is 12.1 Å². The van der Waals surface area contributed by atoms with Crippen LogP contribution in [0.3, 0.4) is 0 Å². The second-order valence-corrected chi connectivity index (χ2v) is 16.4. The van der Waals surface area contributed by atoms with Gasteiger partial charge in [0.05, 0.1) is 55.8 Å². The molecule has 2 heterocycles. The van der Waals surface area contributed by atoms with E-state index in [4.69, 9.17) is 17.2 Å². The quantitative estimate of drug-likeness (QED) is 0.0128. The van der Waals surface area contributed by atoms with Crippen LogP contribution in [0.25, 0.3) is 0 Å². The van der Waals surface area contributed by atoms with E-state index in [1.807, 2.05) is 66.9 Å². The third kappa shape index (κ3) is 28.8. The fraction of sp³-hybridized carbons (Fsp3) is 0.458. The molecule has 5 amide bonds. The number of amides is 5. The van der Waals surface area contributed by atoms with Crippen LogP contribution in [0.2, 0.25) is 0 Å². The summed E-state index contributed by atoms with van der Waals surface area (Å²) in [5.74, 6) is -5.03. The standard InChI is InChI=1S/C18H19N2O2.2C15H26N6O4.2Cu/c19-17(12-15-9-5-2-6-10-15)18(22)20-16(13-21)11-14-7-3-1-4-8-14;2*1-17-8-13(22)20-12(6-10-7-18-9-19-10)14(23)21-11(15(24)25)4-2-3-5-16;;/h1-10,16-17H,11-12,19H2,(H,20,22);2*7,9,11-12,17H,2-6,8,16H2,1H3,(H,18,19)(H,20,22)(H,21,23)(H,24,25);;/q-1;;;+1;+2/p-2/t16-,17-;2*11-,12-;;/m000../s1. The zero-order valence-electron chi connectivity index (χ0n) is 41.3. The number of nitrogens with one attached hydrogen (secondary N) is 9. The summed E-state index contributed by atoms with van der Waals surface area (Å²) in [7, 11) is 3.21. The van der Waals surface area contributed by atoms with Crippen LogP contribution in [0.15, 0.2) is 85.7 Å². The predicted octanol–water partition coefficient (Wildman–Crippen LogP) is -4.57. The molecule has 0 spiro atoms. The first-order valence-corrected chi connectivity index (χ1v) is 23.4. The van der Waals surface area contributed by atoms with Gasteiger partial charge in [-0.2, -0.15) is 0 Å². The molecule has 0 bridgehead atoms. The Bertz CT molecular complexity index is 2100. The Balaban J connectivity index is 0.00000107. The average molecular weight is 1130 g/mol. The molecule has 2 aromatic heterocycles. The number of aromatic amines is 2. The monoisotopic (exact) mass is 1130 g/mol. The average Bonchev–Trinajstić information content (AvgIpc) is 4.09. The van der Waals surface area contributed by atoms with Gasteiger partial charge in [0.2, 0.25) is 29.5 Å². The van der Waals surface area contributed by atoms with Crippen LogP contribution < -0.4 is 64.6 Å². The van der Waals surface area contributed by atoms with E-state index in [1.165, 1.54) is 25.0 Å². The molecule has 0 aliphatic heterocycles. The van der Waals surface area contributed by atoms with Crippen LogP contribution in [-0.2, 0) is 98.2 Å². The topological polar surface area (TPSA) is 402 Å². The van der Waals surface area contributed by atoms with Crippen LogP contribution in [0.5, 0.6) is 0 Å². The van der Waals surface area contributed by atoms with Crippen LogP contribution >= 0.6 is 0 Å². The molecule has 0 unspecified atom stereocenters. The number of nitrogens with zero attached hydrogens (tertiary/aromatic N) is 2. The molecule has 6 atom stereocenters. The van der Waals surface area contributed by atoms with Gasteiger partial charge in [-0.15, -0.1) is 0 Å². The zero-order chi connectivity index (χ0) is 53.1. The van der Waals surface area contributed by atoms with Crippen molar-refractivity contribution >= 4 is 47.8 Å². The van der Waals surface area contributed by atoms with Crippen LogP contribution in [0.4, 0.5) is 0 Å². The number of hydrogen-bond acceptors (Lipinski definition) is 17. The molecule has 15 N–H and O–H groups in total. The van der Waals surface area contributed by atoms with Crippen molar-refractivity contribution in [2.45, 2.75) is 100 Å². The first-order chi connectivity index (χ1) is 34.6. The molecule has 0 saturated carbocycles. The summed E-state index contributed by atoms with van der Waals surface area (Å²) >= 11 is 0. The molecule has 0 aliphatic carbocycles. The van der Waals surface area contributed by atoms with Gasteiger partial charge in [0.25, 0.3) is 0 Å². The summed E-state index contributed by atoms with van der Waals surface area (Å²) in [6.45, 7) is 0.951. The van der Waals surface area contributed by atoms with E-state index in [0.29, 0.717) is 63.0 Å². The van der Waals surface area contributed by atoms with Gasteiger partial charge in [-0.05, 0) is 89.7 Å². The van der Waals surface area contributed by atoms with Crippen LogP contribution in [-0.4, -0.2) is 144 Å². The van der Waals surface area contributed by atoms with Crippen molar-refractivity contribution in [2.75, 3.05) is 40.3 Å². The smallest absolute Gasteiger partial charge is 0.548 e. The summed E-state index contributed by atoms with van der Waals surface area (Å²) in [5, 5.41) is 40.5. The number of aromatic nitrogens is 4. The van der Waals surface area contributed by atoms with Crippen molar-refractivity contribution in [1.29, 1.82) is 0 Å². The van der Waals surface area contributed by atoms with E-state index < -0.39 is 60.0 Å². The number of hydrogen-bond donors (Lipinski definition) is 12. The first-order valence-electron chi connectivity index (χ1n) is 23.4. The molecule has 4 rings (SSSR count). The van der Waals surface area contributed by atoms with Gasteiger partial charge in [-0.25, -0.2) is 16.3 Å². The fourth-order valence-electron chi connectivity index (χ4n) is 6.70. The molecule has 413 valence electrons. The maximum Gasteiger partial charge on any atom is 2.00 e. The van der Waals surface area contributed by atoms with Gasteiger partial charge in [0, 0.05) is 36.6 Å². The number of carbonyl (C=O) groups excluding carboxylic acids is 8. The maximum absolute atomic E-state index is 12.5. The number of likely N-dealkylation sites (N-methyl/N-ethyl adjacent to an activating group) is 2. The molecule has 1 radical (unpaired) electrons. The third-order valence-electron chi connectivity index (χ3n) is 10.4. The number of unbranched alkanes of at least 4 members (excludes halogenated alkanes) is 2. The van der Waals surface area contributed by atoms with Gasteiger partial charge in [-0.3, -0.25) is 24.0 Å². The Morgan fingerprint density at radius 1 is 0.581 bits per heavy atom. The summed E-state index contributed by atoms with van der Waals surface area (Å²) in [6, 6.07) is 13.5. The van der Waals surface area contributed by atoms with Crippen LogP contribution in [0.1, 0.15) is 61.0 Å². The summed E-state index contributed by atoms with van der Waals surface area (Å²) in [6.07, 6.45) is 11.8. The normalized spacial score (nSPS) is 12.7. The van der Waals surface area contributed by atoms with Gasteiger partial charge >= 0.3 is 34.1 Å². The SMILES string of the molecule is CNCC(=O)N[C@@H](Cc1cnc[nH]1)C(=O)N[C@@H](CCCCN)C(=O)[O-].CNCC(=O)N[C@@H](Cc1cnc[nH]1)C(=O)N[C@@H](CCCCN)C(=O)[O-].N[C@@H](Cc1ccccc1)C(=O)N[C@H]([C-]=O)Cc1ccccc1.[Cu+2].[Cu+]. The van der Waals surface area contributed by atoms with Crippen molar-refractivity contribution in [2.24, 2.45) is 17.2 Å². The van der Waals surface area contributed by atoms with E-state index in [1.54, 1.807) is 14.1 Å². The van der Waals surface area contributed by atoms with E-state index in [9.17, 15) is 48.6 Å². The minimum atomic E-state index is -1.37. The molecule has 0 fully saturated rings. The summed E-state index contributed by atoms with van der Waals surface area (Å²) in [4.78, 5) is 108. The first kappa shape index (κ1) is 67.7. The van der Waals surface area contributed by atoms with E-state index in [-0.39, 0.29) is 90.6 Å². The molecular formula is C48H69Cu2N14O10. The van der Waals surface area contributed by atoms with Crippen molar-refractivity contribution < 1.29 is 82.7 Å². The molecule has 26 heteroatoms. The Morgan fingerprint density at radius 3 is 1.32 bits per heavy atom. The zero-order valence-corrected chi connectivity index (χ0v) is 43.1. The van der Waals surface area contributed by atoms with Crippen LogP contribution in [0, 0.1) is 0 Å². The minimum Gasteiger partial charge on any atom is -0.548 e. The third-order valence-corrected chi connectivity index (χ3v) is 10.4. The number of imidazole rings is 2. The number of carboxylic acids is 2. The Labute approximate surface area is 451 Å². The minimum absolute atomic E-state index is 0. The van der Waals surface area contributed by atoms with Crippen molar-refractivity contribution in [3.05, 3.63) is 108 Å². The molecule has 4 aromatic rings.